The number of amides is 3. The Balaban J connectivity index is 1.61. The molecule has 1 saturated heterocycles. The second kappa shape index (κ2) is 6.86. The van der Waals surface area contributed by atoms with Crippen LogP contribution in [0.5, 0.6) is 0 Å². The van der Waals surface area contributed by atoms with Crippen molar-refractivity contribution in [3.63, 3.8) is 0 Å². The molecule has 134 valence electrons. The van der Waals surface area contributed by atoms with Crippen LogP contribution in [0.1, 0.15) is 43.2 Å². The van der Waals surface area contributed by atoms with Crippen LogP contribution in [0.25, 0.3) is 0 Å². The first-order chi connectivity index (χ1) is 11.9. The number of imide groups is 1. The molecule has 1 aliphatic carbocycles. The Hall–Kier alpha value is -2.37. The predicted octanol–water partition coefficient (Wildman–Crippen LogP) is 2.64. The van der Waals surface area contributed by atoms with E-state index in [1.807, 2.05) is 31.2 Å². The van der Waals surface area contributed by atoms with Crippen molar-refractivity contribution < 1.29 is 19.1 Å². The van der Waals surface area contributed by atoms with Crippen molar-refractivity contribution in [3.8, 4) is 0 Å². The maximum absolute atomic E-state index is 12.8. The number of likely N-dealkylation sites (N-methyl/N-ethyl adjacent to an activating group) is 1. The summed E-state index contributed by atoms with van der Waals surface area (Å²) < 4.78 is 5.23. The number of benzene rings is 1. The summed E-state index contributed by atoms with van der Waals surface area (Å²) >= 11 is 0. The Kier molecular flexibility index (Phi) is 4.79. The third kappa shape index (κ3) is 3.25. The van der Waals surface area contributed by atoms with Crippen LogP contribution in [0.4, 0.5) is 4.79 Å². The summed E-state index contributed by atoms with van der Waals surface area (Å²) in [6, 6.07) is 7.26. The number of carbonyl (C=O) groups excluding carboxylic acids is 3. The third-order valence-electron chi connectivity index (χ3n) is 5.29. The maximum Gasteiger partial charge on any atom is 0.327 e. The van der Waals surface area contributed by atoms with E-state index in [0.29, 0.717) is 12.8 Å². The van der Waals surface area contributed by atoms with E-state index >= 15 is 0 Å². The van der Waals surface area contributed by atoms with Gasteiger partial charge in [0.15, 0.2) is 0 Å². The first-order valence-corrected chi connectivity index (χ1v) is 8.75. The van der Waals surface area contributed by atoms with E-state index in [4.69, 9.17) is 4.74 Å². The summed E-state index contributed by atoms with van der Waals surface area (Å²) in [5, 5.41) is 0. The molecule has 25 heavy (non-hydrogen) atoms. The third-order valence-corrected chi connectivity index (χ3v) is 5.29. The molecule has 1 spiro atoms. The normalized spacial score (nSPS) is 19.6. The van der Waals surface area contributed by atoms with Gasteiger partial charge in [0, 0.05) is 7.05 Å². The highest BCUT2D eigenvalue weighted by molar-refractivity contribution is 6.08. The van der Waals surface area contributed by atoms with E-state index in [2.05, 4.69) is 0 Å². The minimum atomic E-state index is -0.757. The zero-order valence-corrected chi connectivity index (χ0v) is 14.8. The summed E-state index contributed by atoms with van der Waals surface area (Å²) in [4.78, 5) is 39.9. The lowest BCUT2D eigenvalue weighted by atomic mass is 9.81. The second-order valence-electron chi connectivity index (χ2n) is 6.97. The lowest BCUT2D eigenvalue weighted by Crippen LogP contribution is -2.49. The largest absolute Gasteiger partial charge is 0.459 e. The highest BCUT2D eigenvalue weighted by Crippen LogP contribution is 2.39. The van der Waals surface area contributed by atoms with E-state index in [9.17, 15) is 14.4 Å². The highest BCUT2D eigenvalue weighted by atomic mass is 16.5. The number of urea groups is 1. The van der Waals surface area contributed by atoms with Crippen LogP contribution in [-0.4, -0.2) is 46.8 Å². The number of nitrogens with zero attached hydrogens (tertiary/aromatic N) is 2. The smallest absolute Gasteiger partial charge is 0.327 e. The first kappa shape index (κ1) is 17.5. The van der Waals surface area contributed by atoms with Gasteiger partial charge in [-0.3, -0.25) is 14.5 Å². The lowest BCUT2D eigenvalue weighted by Gasteiger charge is -2.35. The van der Waals surface area contributed by atoms with Crippen molar-refractivity contribution in [1.82, 2.24) is 9.80 Å². The molecule has 0 radical (unpaired) electrons. The molecule has 1 heterocycles. The quantitative estimate of drug-likeness (QED) is 0.622. The Morgan fingerprint density at radius 2 is 1.76 bits per heavy atom. The van der Waals surface area contributed by atoms with E-state index in [1.165, 1.54) is 4.90 Å². The number of rotatable bonds is 4. The van der Waals surface area contributed by atoms with Crippen molar-refractivity contribution in [3.05, 3.63) is 35.4 Å². The van der Waals surface area contributed by atoms with Gasteiger partial charge < -0.3 is 9.64 Å². The van der Waals surface area contributed by atoms with Gasteiger partial charge in [0.1, 0.15) is 18.7 Å². The molecule has 0 N–H and O–H groups in total. The topological polar surface area (TPSA) is 66.9 Å². The Labute approximate surface area is 147 Å². The van der Waals surface area contributed by atoms with Crippen LogP contribution in [0.2, 0.25) is 0 Å². The lowest BCUT2D eigenvalue weighted by molar-refractivity contribution is -0.149. The molecule has 0 aromatic heterocycles. The van der Waals surface area contributed by atoms with Gasteiger partial charge in [0.05, 0.1) is 0 Å². The van der Waals surface area contributed by atoms with E-state index in [-0.39, 0.29) is 19.1 Å². The standard InChI is InChI=1S/C19H24N2O4/c1-14-6-8-15(9-7-14)13-25-16(22)12-21-17(23)19(20(2)18(21)24)10-4-3-5-11-19/h6-9H,3-5,10-13H2,1-2H3. The molecule has 1 aromatic carbocycles. The van der Waals surface area contributed by atoms with Gasteiger partial charge >= 0.3 is 12.0 Å². The van der Waals surface area contributed by atoms with E-state index < -0.39 is 17.5 Å². The summed E-state index contributed by atoms with van der Waals surface area (Å²) in [6.45, 7) is 1.80. The number of carbonyl (C=O) groups is 3. The van der Waals surface area contributed by atoms with Gasteiger partial charge in [-0.05, 0) is 25.3 Å². The molecular weight excluding hydrogens is 320 g/mol. The average Bonchev–Trinajstić information content (AvgIpc) is 2.78. The predicted molar refractivity (Wildman–Crippen MR) is 91.7 cm³/mol. The average molecular weight is 344 g/mol. The van der Waals surface area contributed by atoms with Crippen molar-refractivity contribution in [1.29, 1.82) is 0 Å². The van der Waals surface area contributed by atoms with E-state index in [0.717, 1.165) is 35.3 Å². The monoisotopic (exact) mass is 344 g/mol. The molecule has 0 atom stereocenters. The van der Waals surface area contributed by atoms with Gasteiger partial charge in [-0.25, -0.2) is 4.79 Å². The molecule has 0 bridgehead atoms. The SMILES string of the molecule is Cc1ccc(COC(=O)CN2C(=O)N(C)C3(CCCCC3)C2=O)cc1. The van der Waals surface area contributed by atoms with Crippen LogP contribution in [-0.2, 0) is 20.9 Å². The molecule has 0 unspecified atom stereocenters. The number of ether oxygens (including phenoxy) is 1. The molecular formula is C19H24N2O4. The fraction of sp³-hybridized carbons (Fsp3) is 0.526. The Morgan fingerprint density at radius 3 is 2.40 bits per heavy atom. The van der Waals surface area contributed by atoms with Crippen molar-refractivity contribution in [2.45, 2.75) is 51.2 Å². The van der Waals surface area contributed by atoms with Gasteiger partial charge in [-0.1, -0.05) is 49.1 Å². The Morgan fingerprint density at radius 1 is 1.12 bits per heavy atom. The molecule has 3 amide bonds. The minimum absolute atomic E-state index is 0.135. The summed E-state index contributed by atoms with van der Waals surface area (Å²) in [6.07, 6.45) is 4.27. The maximum atomic E-state index is 12.8. The van der Waals surface area contributed by atoms with Gasteiger partial charge in [0.25, 0.3) is 5.91 Å². The zero-order chi connectivity index (χ0) is 18.0. The molecule has 2 aliphatic rings. The molecule has 6 heteroatoms. The molecule has 2 fully saturated rings. The fourth-order valence-corrected chi connectivity index (χ4v) is 3.69. The molecule has 1 aromatic rings. The van der Waals surface area contributed by atoms with Crippen molar-refractivity contribution in [2.75, 3.05) is 13.6 Å². The summed E-state index contributed by atoms with van der Waals surface area (Å²) in [7, 11) is 1.66. The van der Waals surface area contributed by atoms with Gasteiger partial charge in [0.2, 0.25) is 0 Å². The highest BCUT2D eigenvalue weighted by Gasteiger charge is 2.55. The van der Waals surface area contributed by atoms with Crippen LogP contribution < -0.4 is 0 Å². The van der Waals surface area contributed by atoms with Crippen LogP contribution in [0.15, 0.2) is 24.3 Å². The molecule has 1 aliphatic heterocycles. The first-order valence-electron chi connectivity index (χ1n) is 8.75. The van der Waals surface area contributed by atoms with Gasteiger partial charge in [-0.2, -0.15) is 0 Å². The van der Waals surface area contributed by atoms with Crippen molar-refractivity contribution >= 4 is 17.9 Å². The summed E-state index contributed by atoms with van der Waals surface area (Å²) in [5.41, 5.74) is 1.25. The Bertz CT molecular complexity index is 677. The van der Waals surface area contributed by atoms with Crippen LogP contribution in [0, 0.1) is 6.92 Å². The summed E-state index contributed by atoms with van der Waals surface area (Å²) in [5.74, 6) is -0.824. The fourth-order valence-electron chi connectivity index (χ4n) is 3.69. The number of hydrogen-bond acceptors (Lipinski definition) is 4. The second-order valence-corrected chi connectivity index (χ2v) is 6.97. The molecule has 6 nitrogen and oxygen atoms in total. The van der Waals surface area contributed by atoms with Crippen LogP contribution in [0.3, 0.4) is 0 Å². The molecule has 3 rings (SSSR count). The number of aryl methyl sites for hydroxylation is 1. The molecule has 1 saturated carbocycles. The van der Waals surface area contributed by atoms with Crippen LogP contribution >= 0.6 is 0 Å². The number of hydrogen-bond donors (Lipinski definition) is 0. The van der Waals surface area contributed by atoms with Gasteiger partial charge in [-0.15, -0.1) is 0 Å². The van der Waals surface area contributed by atoms with Crippen molar-refractivity contribution in [2.24, 2.45) is 0 Å². The minimum Gasteiger partial charge on any atom is -0.459 e. The zero-order valence-electron chi connectivity index (χ0n) is 14.8. The van der Waals surface area contributed by atoms with E-state index in [1.54, 1.807) is 7.05 Å². The number of esters is 1.